The van der Waals surface area contributed by atoms with Crippen LogP contribution in [0.3, 0.4) is 0 Å². The summed E-state index contributed by atoms with van der Waals surface area (Å²) in [6.45, 7) is 5.65. The van der Waals surface area contributed by atoms with Gasteiger partial charge >= 0.3 is 0 Å². The number of hydrogen-bond donors (Lipinski definition) is 1. The molecule has 0 aromatic heterocycles. The summed E-state index contributed by atoms with van der Waals surface area (Å²) < 4.78 is 5.72. The molecule has 4 heterocycles. The van der Waals surface area contributed by atoms with E-state index < -0.39 is 0 Å². The monoisotopic (exact) mass is 441 g/mol. The van der Waals surface area contributed by atoms with Gasteiger partial charge in [-0.05, 0) is 64.4 Å². The Bertz CT molecular complexity index is 902. The normalized spacial score (nSPS) is 33.3. The molecule has 1 aromatic rings. The molecule has 0 spiro atoms. The molecule has 5 atom stereocenters. The Morgan fingerprint density at radius 3 is 2.66 bits per heavy atom. The van der Waals surface area contributed by atoms with Crippen molar-refractivity contribution in [1.29, 1.82) is 0 Å². The Labute approximate surface area is 190 Å². The number of anilines is 2. The number of nitrogens with zero attached hydrogens (tertiary/aromatic N) is 4. The first-order valence-electron chi connectivity index (χ1n) is 11.9. The van der Waals surface area contributed by atoms with Crippen LogP contribution in [0, 0.1) is 0 Å². The van der Waals surface area contributed by atoms with Crippen molar-refractivity contribution in [3.05, 3.63) is 23.8 Å². The maximum atomic E-state index is 13.4. The number of nitrogens with one attached hydrogen (secondary N) is 1. The second-order valence-electron chi connectivity index (χ2n) is 9.83. The first-order chi connectivity index (χ1) is 15.4. The van der Waals surface area contributed by atoms with Gasteiger partial charge in [-0.2, -0.15) is 0 Å². The van der Waals surface area contributed by atoms with Gasteiger partial charge in [-0.3, -0.25) is 24.7 Å². The predicted octanol–water partition coefficient (Wildman–Crippen LogP) is 1.91. The van der Waals surface area contributed by atoms with Gasteiger partial charge in [-0.25, -0.2) is 0 Å². The van der Waals surface area contributed by atoms with Gasteiger partial charge in [0.25, 0.3) is 5.91 Å². The summed E-state index contributed by atoms with van der Waals surface area (Å²) in [5.41, 5.74) is 2.86. The minimum atomic E-state index is -0.376. The van der Waals surface area contributed by atoms with Crippen LogP contribution in [-0.2, 0) is 14.3 Å². The number of amides is 2. The molecule has 1 N–H and O–H groups in total. The minimum absolute atomic E-state index is 0.00648. The van der Waals surface area contributed by atoms with Crippen LogP contribution in [0.1, 0.15) is 51.1 Å². The molecule has 3 fully saturated rings. The summed E-state index contributed by atoms with van der Waals surface area (Å²) in [4.78, 5) is 34.4. The van der Waals surface area contributed by atoms with E-state index in [1.807, 2.05) is 22.8 Å². The fourth-order valence-corrected chi connectivity index (χ4v) is 6.22. The zero-order valence-corrected chi connectivity index (χ0v) is 19.6. The average Bonchev–Trinajstić information content (AvgIpc) is 3.43. The Morgan fingerprint density at radius 1 is 1.12 bits per heavy atom. The first kappa shape index (κ1) is 21.8. The molecular weight excluding hydrogens is 406 g/mol. The molecular formula is C24H35N5O3. The Hall–Kier alpha value is -2.00. The molecule has 8 nitrogen and oxygen atoms in total. The molecule has 0 bridgehead atoms. The van der Waals surface area contributed by atoms with E-state index >= 15 is 0 Å². The molecule has 3 saturated heterocycles. The Morgan fingerprint density at radius 2 is 1.94 bits per heavy atom. The number of rotatable bonds is 2. The fourth-order valence-electron chi connectivity index (χ4n) is 6.22. The highest BCUT2D eigenvalue weighted by molar-refractivity contribution is 6.05. The van der Waals surface area contributed by atoms with Crippen LogP contribution in [0.2, 0.25) is 0 Å². The van der Waals surface area contributed by atoms with Crippen molar-refractivity contribution in [3.8, 4) is 0 Å². The number of carbonyl (C=O) groups is 2. The lowest BCUT2D eigenvalue weighted by atomic mass is 9.90. The SMILES string of the molecule is CC(=O)N1c2ccc(C3CCC4NCN(C)C4N3C)cc2N(C(=O)C2CCCO2)C[C@@H]1C. The van der Waals surface area contributed by atoms with Gasteiger partial charge in [0.05, 0.1) is 23.6 Å². The molecule has 2 amide bonds. The number of hydrogen-bond acceptors (Lipinski definition) is 6. The molecule has 32 heavy (non-hydrogen) atoms. The number of carbonyl (C=O) groups excluding carboxylic acids is 2. The molecule has 1 aromatic carbocycles. The number of likely N-dealkylation sites (N-methyl/N-ethyl adjacent to an activating group) is 2. The molecule has 8 heteroatoms. The summed E-state index contributed by atoms with van der Waals surface area (Å²) in [5.74, 6) is 0.0275. The first-order valence-corrected chi connectivity index (χ1v) is 11.9. The summed E-state index contributed by atoms with van der Waals surface area (Å²) >= 11 is 0. The minimum Gasteiger partial charge on any atom is -0.368 e. The van der Waals surface area contributed by atoms with Crippen molar-refractivity contribution in [2.75, 3.05) is 43.7 Å². The molecule has 174 valence electrons. The lowest BCUT2D eigenvalue weighted by molar-refractivity contribution is -0.127. The van der Waals surface area contributed by atoms with E-state index in [4.69, 9.17) is 4.74 Å². The van der Waals surface area contributed by atoms with Crippen LogP contribution in [0.4, 0.5) is 11.4 Å². The maximum Gasteiger partial charge on any atom is 0.256 e. The summed E-state index contributed by atoms with van der Waals surface area (Å²) in [6, 6.07) is 7.01. The van der Waals surface area contributed by atoms with Crippen LogP contribution < -0.4 is 15.1 Å². The van der Waals surface area contributed by atoms with E-state index in [1.165, 1.54) is 5.56 Å². The zero-order valence-electron chi connectivity index (χ0n) is 19.6. The third-order valence-electron chi connectivity index (χ3n) is 7.71. The van der Waals surface area contributed by atoms with Crippen molar-refractivity contribution >= 4 is 23.2 Å². The highest BCUT2D eigenvalue weighted by atomic mass is 16.5. The van der Waals surface area contributed by atoms with Gasteiger partial charge in [0, 0.05) is 38.8 Å². The molecule has 4 aliphatic rings. The molecule has 0 saturated carbocycles. The number of piperidine rings is 1. The quantitative estimate of drug-likeness (QED) is 0.756. The molecule has 4 unspecified atom stereocenters. The Balaban J connectivity index is 1.51. The van der Waals surface area contributed by atoms with Crippen LogP contribution in [0.5, 0.6) is 0 Å². The van der Waals surface area contributed by atoms with Gasteiger partial charge < -0.3 is 14.5 Å². The van der Waals surface area contributed by atoms with Crippen molar-refractivity contribution in [2.45, 2.75) is 69.9 Å². The second-order valence-corrected chi connectivity index (χ2v) is 9.83. The fraction of sp³-hybridized carbons (Fsp3) is 0.667. The third kappa shape index (κ3) is 3.53. The van der Waals surface area contributed by atoms with Crippen LogP contribution in [0.15, 0.2) is 18.2 Å². The molecule has 4 aliphatic heterocycles. The van der Waals surface area contributed by atoms with E-state index in [0.717, 1.165) is 43.7 Å². The highest BCUT2D eigenvalue weighted by Crippen LogP contribution is 2.42. The lowest BCUT2D eigenvalue weighted by Crippen LogP contribution is -2.54. The van der Waals surface area contributed by atoms with Crippen molar-refractivity contribution in [3.63, 3.8) is 0 Å². The smallest absolute Gasteiger partial charge is 0.256 e. The molecule has 0 aliphatic carbocycles. The topological polar surface area (TPSA) is 68.4 Å². The number of benzene rings is 1. The third-order valence-corrected chi connectivity index (χ3v) is 7.71. The van der Waals surface area contributed by atoms with Crippen molar-refractivity contribution in [1.82, 2.24) is 15.1 Å². The maximum absolute atomic E-state index is 13.4. The van der Waals surface area contributed by atoms with Crippen LogP contribution >= 0.6 is 0 Å². The van der Waals surface area contributed by atoms with Gasteiger partial charge in [0.1, 0.15) is 6.10 Å². The van der Waals surface area contributed by atoms with Gasteiger partial charge in [-0.1, -0.05) is 6.07 Å². The summed E-state index contributed by atoms with van der Waals surface area (Å²) in [7, 11) is 4.36. The molecule has 5 rings (SSSR count). The number of likely N-dealkylation sites (tertiary alicyclic amines) is 1. The van der Waals surface area contributed by atoms with Crippen LogP contribution in [0.25, 0.3) is 0 Å². The van der Waals surface area contributed by atoms with Crippen molar-refractivity contribution in [2.24, 2.45) is 0 Å². The zero-order chi connectivity index (χ0) is 22.6. The Kier molecular flexibility index (Phi) is 5.73. The standard InChI is InChI=1S/C24H35N5O3/c1-15-13-28(24(31)22-6-5-11-32-22)21-12-17(7-9-20(21)29(15)16(2)30)19-10-8-18-23(27(19)4)26(3)14-25-18/h7,9,12,15,18-19,22-23,25H,5-6,8,10-11,13-14H2,1-4H3/t15-,18?,19?,22?,23?/m0/s1. The number of ether oxygens (including phenoxy) is 1. The van der Waals surface area contributed by atoms with E-state index in [-0.39, 0.29) is 30.0 Å². The van der Waals surface area contributed by atoms with Gasteiger partial charge in [0.15, 0.2) is 0 Å². The molecule has 0 radical (unpaired) electrons. The van der Waals surface area contributed by atoms with E-state index in [2.05, 4.69) is 41.3 Å². The van der Waals surface area contributed by atoms with Crippen LogP contribution in [-0.4, -0.2) is 79.9 Å². The van der Waals surface area contributed by atoms with E-state index in [0.29, 0.717) is 25.4 Å². The number of fused-ring (bicyclic) bond motifs is 2. The highest BCUT2D eigenvalue weighted by Gasteiger charge is 2.42. The average molecular weight is 442 g/mol. The van der Waals surface area contributed by atoms with E-state index in [9.17, 15) is 9.59 Å². The largest absolute Gasteiger partial charge is 0.368 e. The van der Waals surface area contributed by atoms with Crippen molar-refractivity contribution < 1.29 is 14.3 Å². The summed E-state index contributed by atoms with van der Waals surface area (Å²) in [5, 5.41) is 3.61. The van der Waals surface area contributed by atoms with E-state index in [1.54, 1.807) is 6.92 Å². The summed E-state index contributed by atoms with van der Waals surface area (Å²) in [6.07, 6.45) is 3.86. The van der Waals surface area contributed by atoms with Gasteiger partial charge in [-0.15, -0.1) is 0 Å². The lowest BCUT2D eigenvalue weighted by Gasteiger charge is -2.45. The predicted molar refractivity (Wildman–Crippen MR) is 123 cm³/mol. The second kappa shape index (κ2) is 8.41. The van der Waals surface area contributed by atoms with Gasteiger partial charge in [0.2, 0.25) is 5.91 Å².